The Morgan fingerprint density at radius 1 is 1.38 bits per heavy atom. The van der Waals surface area contributed by atoms with E-state index in [1.54, 1.807) is 27.7 Å². The van der Waals surface area contributed by atoms with Crippen molar-refractivity contribution in [2.45, 2.75) is 45.8 Å². The summed E-state index contributed by atoms with van der Waals surface area (Å²) in [5.41, 5.74) is 0.605. The van der Waals surface area contributed by atoms with Gasteiger partial charge >= 0.3 is 6.09 Å². The van der Waals surface area contributed by atoms with Gasteiger partial charge in [0.05, 0.1) is 0 Å². The van der Waals surface area contributed by atoms with E-state index in [1.165, 1.54) is 5.69 Å². The number of nitrogens with one attached hydrogen (secondary N) is 2. The lowest BCUT2D eigenvalue weighted by atomic mass is 10.1. The number of benzene rings is 1. The van der Waals surface area contributed by atoms with Crippen molar-refractivity contribution in [3.05, 3.63) is 28.7 Å². The first-order valence-corrected chi connectivity index (χ1v) is 9.71. The van der Waals surface area contributed by atoms with Crippen molar-refractivity contribution < 1.29 is 14.3 Å². The fourth-order valence-electron chi connectivity index (χ4n) is 2.85. The van der Waals surface area contributed by atoms with Crippen molar-refractivity contribution in [3.8, 4) is 0 Å². The standard InChI is InChI=1S/C19H28BrN3O3/c1-13(22-18(25)26-19(2,3)4)17(24)21-11-14-8-9-23(12-14)16-7-5-6-15(20)10-16/h5-7,10,13-14H,8-9,11-12H2,1-4H3,(H,21,24)(H,22,25). The van der Waals surface area contributed by atoms with Crippen LogP contribution in [0.4, 0.5) is 10.5 Å². The second-order valence-corrected chi connectivity index (χ2v) is 8.61. The van der Waals surface area contributed by atoms with Crippen LogP contribution in [0.25, 0.3) is 0 Å². The van der Waals surface area contributed by atoms with Crippen LogP contribution in [0, 0.1) is 5.92 Å². The molecule has 0 aliphatic carbocycles. The third-order valence-corrected chi connectivity index (χ3v) is 4.64. The minimum atomic E-state index is -0.632. The van der Waals surface area contributed by atoms with Crippen LogP contribution in [0.5, 0.6) is 0 Å². The van der Waals surface area contributed by atoms with Gasteiger partial charge in [-0.05, 0) is 58.2 Å². The number of ether oxygens (including phenoxy) is 1. The van der Waals surface area contributed by atoms with Crippen molar-refractivity contribution >= 4 is 33.6 Å². The van der Waals surface area contributed by atoms with Crippen LogP contribution in [0.2, 0.25) is 0 Å². The van der Waals surface area contributed by atoms with Gasteiger partial charge in [0.1, 0.15) is 11.6 Å². The van der Waals surface area contributed by atoms with Gasteiger partial charge in [-0.3, -0.25) is 4.79 Å². The van der Waals surface area contributed by atoms with E-state index in [4.69, 9.17) is 4.74 Å². The highest BCUT2D eigenvalue weighted by atomic mass is 79.9. The van der Waals surface area contributed by atoms with Gasteiger partial charge in [0.25, 0.3) is 0 Å². The number of amides is 2. The van der Waals surface area contributed by atoms with Crippen LogP contribution >= 0.6 is 15.9 Å². The van der Waals surface area contributed by atoms with E-state index in [0.717, 1.165) is 24.0 Å². The molecular weight excluding hydrogens is 398 g/mol. The number of nitrogens with zero attached hydrogens (tertiary/aromatic N) is 1. The summed E-state index contributed by atoms with van der Waals surface area (Å²) < 4.78 is 6.23. The number of anilines is 1. The van der Waals surface area contributed by atoms with Crippen LogP contribution < -0.4 is 15.5 Å². The molecule has 2 amide bonds. The van der Waals surface area contributed by atoms with Crippen molar-refractivity contribution in [1.82, 2.24) is 10.6 Å². The molecule has 2 N–H and O–H groups in total. The predicted molar refractivity (Wildman–Crippen MR) is 106 cm³/mol. The molecule has 0 saturated carbocycles. The van der Waals surface area contributed by atoms with Crippen molar-refractivity contribution in [2.75, 3.05) is 24.5 Å². The zero-order valence-corrected chi connectivity index (χ0v) is 17.4. The molecule has 1 aromatic rings. The second-order valence-electron chi connectivity index (χ2n) is 7.69. The lowest BCUT2D eigenvalue weighted by Crippen LogP contribution is -2.47. The fraction of sp³-hybridized carbons (Fsp3) is 0.579. The van der Waals surface area contributed by atoms with Gasteiger partial charge in [0, 0.05) is 29.8 Å². The molecule has 2 rings (SSSR count). The number of carbonyl (C=O) groups excluding carboxylic acids is 2. The summed E-state index contributed by atoms with van der Waals surface area (Å²) in [5, 5.41) is 5.49. The number of rotatable bonds is 5. The van der Waals surface area contributed by atoms with Crippen LogP contribution in [-0.2, 0) is 9.53 Å². The van der Waals surface area contributed by atoms with Crippen molar-refractivity contribution in [2.24, 2.45) is 5.92 Å². The summed E-state index contributed by atoms with van der Waals surface area (Å²) in [6.07, 6.45) is 0.447. The Morgan fingerprint density at radius 2 is 2.12 bits per heavy atom. The Balaban J connectivity index is 1.75. The quantitative estimate of drug-likeness (QED) is 0.758. The highest BCUT2D eigenvalue weighted by Crippen LogP contribution is 2.25. The molecule has 1 heterocycles. The Kier molecular flexibility index (Phi) is 6.92. The minimum Gasteiger partial charge on any atom is -0.444 e. The SMILES string of the molecule is CC(NC(=O)OC(C)(C)C)C(=O)NCC1CCN(c2cccc(Br)c2)C1. The zero-order chi connectivity index (χ0) is 19.3. The van der Waals surface area contributed by atoms with Gasteiger partial charge in [0.15, 0.2) is 0 Å². The molecule has 1 aliphatic rings. The number of alkyl carbamates (subject to hydrolysis) is 1. The van der Waals surface area contributed by atoms with Crippen LogP contribution in [-0.4, -0.2) is 43.3 Å². The molecule has 1 saturated heterocycles. The molecule has 6 nitrogen and oxygen atoms in total. The largest absolute Gasteiger partial charge is 0.444 e. The molecule has 0 aromatic heterocycles. The Bertz CT molecular complexity index is 645. The molecule has 2 unspecified atom stereocenters. The first kappa shape index (κ1) is 20.6. The molecular formula is C19H28BrN3O3. The van der Waals surface area contributed by atoms with E-state index in [9.17, 15) is 9.59 Å². The maximum atomic E-state index is 12.2. The van der Waals surface area contributed by atoms with Gasteiger partial charge in [-0.15, -0.1) is 0 Å². The van der Waals surface area contributed by atoms with Crippen LogP contribution in [0.1, 0.15) is 34.1 Å². The van der Waals surface area contributed by atoms with Gasteiger partial charge in [-0.1, -0.05) is 22.0 Å². The minimum absolute atomic E-state index is 0.197. The number of hydrogen-bond donors (Lipinski definition) is 2. The molecule has 7 heteroatoms. The van der Waals surface area contributed by atoms with Crippen LogP contribution in [0.15, 0.2) is 28.7 Å². The predicted octanol–water partition coefficient (Wildman–Crippen LogP) is 3.30. The van der Waals surface area contributed by atoms with Crippen molar-refractivity contribution in [1.29, 1.82) is 0 Å². The summed E-state index contributed by atoms with van der Waals surface area (Å²) in [6.45, 7) is 9.50. The average Bonchev–Trinajstić information content (AvgIpc) is 2.99. The van der Waals surface area contributed by atoms with Gasteiger partial charge in [-0.2, -0.15) is 0 Å². The lowest BCUT2D eigenvalue weighted by molar-refractivity contribution is -0.122. The average molecular weight is 426 g/mol. The summed E-state index contributed by atoms with van der Waals surface area (Å²) in [4.78, 5) is 26.3. The van der Waals surface area contributed by atoms with Crippen LogP contribution in [0.3, 0.4) is 0 Å². The molecule has 0 bridgehead atoms. The smallest absolute Gasteiger partial charge is 0.408 e. The first-order valence-electron chi connectivity index (χ1n) is 8.92. The molecule has 1 aliphatic heterocycles. The first-order chi connectivity index (χ1) is 12.1. The highest BCUT2D eigenvalue weighted by Gasteiger charge is 2.25. The van der Waals surface area contributed by atoms with Gasteiger partial charge in [0.2, 0.25) is 5.91 Å². The van der Waals surface area contributed by atoms with E-state index in [2.05, 4.69) is 43.6 Å². The summed E-state index contributed by atoms with van der Waals surface area (Å²) in [6, 6.07) is 7.61. The van der Waals surface area contributed by atoms with E-state index in [0.29, 0.717) is 12.5 Å². The summed E-state index contributed by atoms with van der Waals surface area (Å²) in [5.74, 6) is 0.198. The van der Waals surface area contributed by atoms with E-state index < -0.39 is 17.7 Å². The molecule has 0 radical (unpaired) electrons. The molecule has 144 valence electrons. The molecule has 2 atom stereocenters. The highest BCUT2D eigenvalue weighted by molar-refractivity contribution is 9.10. The Morgan fingerprint density at radius 3 is 2.77 bits per heavy atom. The van der Waals surface area contributed by atoms with E-state index in [1.807, 2.05) is 12.1 Å². The second kappa shape index (κ2) is 8.75. The third-order valence-electron chi connectivity index (χ3n) is 4.15. The normalized spacial score (nSPS) is 18.3. The third kappa shape index (κ3) is 6.52. The number of hydrogen-bond acceptors (Lipinski definition) is 4. The monoisotopic (exact) mass is 425 g/mol. The Hall–Kier alpha value is -1.76. The van der Waals surface area contributed by atoms with Gasteiger partial charge < -0.3 is 20.3 Å². The number of halogens is 1. The topological polar surface area (TPSA) is 70.7 Å². The maximum Gasteiger partial charge on any atom is 0.408 e. The van der Waals surface area contributed by atoms with E-state index in [-0.39, 0.29) is 5.91 Å². The fourth-order valence-corrected chi connectivity index (χ4v) is 3.24. The lowest BCUT2D eigenvalue weighted by Gasteiger charge is -2.22. The molecule has 1 fully saturated rings. The molecule has 0 spiro atoms. The maximum absolute atomic E-state index is 12.2. The molecule has 26 heavy (non-hydrogen) atoms. The van der Waals surface area contributed by atoms with Gasteiger partial charge in [-0.25, -0.2) is 4.79 Å². The number of carbonyl (C=O) groups is 2. The summed E-state index contributed by atoms with van der Waals surface area (Å²) >= 11 is 3.50. The van der Waals surface area contributed by atoms with E-state index >= 15 is 0 Å². The van der Waals surface area contributed by atoms with Crippen molar-refractivity contribution in [3.63, 3.8) is 0 Å². The summed E-state index contributed by atoms with van der Waals surface area (Å²) in [7, 11) is 0. The zero-order valence-electron chi connectivity index (χ0n) is 15.8. The molecule has 1 aromatic carbocycles. The Labute approximate surface area is 163 Å².